The molecule has 4 heteroatoms. The van der Waals surface area contributed by atoms with Crippen LogP contribution in [-0.4, -0.2) is 36.5 Å². The fraction of sp³-hybridized carbons (Fsp3) is 0.643. The van der Waals surface area contributed by atoms with Crippen LogP contribution in [-0.2, 0) is 12.8 Å². The van der Waals surface area contributed by atoms with Crippen LogP contribution in [0.25, 0.3) is 0 Å². The highest BCUT2D eigenvalue weighted by atomic mass is 32.1. The molecule has 1 fully saturated rings. The highest BCUT2D eigenvalue weighted by Gasteiger charge is 2.26. The number of aryl methyl sites for hydroxylation is 2. The highest BCUT2D eigenvalue weighted by Crippen LogP contribution is 2.30. The van der Waals surface area contributed by atoms with Crippen molar-refractivity contribution in [1.29, 1.82) is 0 Å². The van der Waals surface area contributed by atoms with E-state index in [0.29, 0.717) is 6.04 Å². The van der Waals surface area contributed by atoms with E-state index in [-0.39, 0.29) is 5.91 Å². The molecule has 2 heterocycles. The Labute approximate surface area is 112 Å². The molecule has 3 nitrogen and oxygen atoms in total. The molecule has 0 saturated carbocycles. The summed E-state index contributed by atoms with van der Waals surface area (Å²) in [7, 11) is 0. The van der Waals surface area contributed by atoms with Gasteiger partial charge in [-0.1, -0.05) is 0 Å². The Morgan fingerprint density at radius 2 is 2.28 bits per heavy atom. The summed E-state index contributed by atoms with van der Waals surface area (Å²) in [6, 6.07) is 2.46. The number of hydrogen-bond donors (Lipinski definition) is 1. The number of nitrogens with zero attached hydrogens (tertiary/aromatic N) is 1. The molecule has 1 amide bonds. The minimum atomic E-state index is 0.239. The molecular weight excluding hydrogens is 244 g/mol. The summed E-state index contributed by atoms with van der Waals surface area (Å²) < 4.78 is 0. The Morgan fingerprint density at radius 3 is 3.06 bits per heavy atom. The lowest BCUT2D eigenvalue weighted by Gasteiger charge is -2.33. The lowest BCUT2D eigenvalue weighted by molar-refractivity contribution is 0.0661. The molecule has 2 aliphatic rings. The average molecular weight is 264 g/mol. The first kappa shape index (κ1) is 12.2. The van der Waals surface area contributed by atoms with Crippen molar-refractivity contribution < 1.29 is 4.79 Å². The van der Waals surface area contributed by atoms with Crippen molar-refractivity contribution in [3.63, 3.8) is 0 Å². The van der Waals surface area contributed by atoms with Gasteiger partial charge in [-0.05, 0) is 44.2 Å². The highest BCUT2D eigenvalue weighted by molar-refractivity contribution is 7.14. The van der Waals surface area contributed by atoms with Crippen molar-refractivity contribution in [2.24, 2.45) is 0 Å². The number of nitrogens with one attached hydrogen (secondary N) is 1. The monoisotopic (exact) mass is 264 g/mol. The molecule has 0 aromatic carbocycles. The summed E-state index contributed by atoms with van der Waals surface area (Å²) in [5, 5.41) is 3.33. The van der Waals surface area contributed by atoms with E-state index in [1.165, 1.54) is 29.7 Å². The van der Waals surface area contributed by atoms with Crippen molar-refractivity contribution in [3.8, 4) is 0 Å². The molecule has 0 bridgehead atoms. The number of hydrogen-bond acceptors (Lipinski definition) is 3. The van der Waals surface area contributed by atoms with Gasteiger partial charge in [-0.15, -0.1) is 11.3 Å². The fourth-order valence-electron chi connectivity index (χ4n) is 2.88. The van der Waals surface area contributed by atoms with Gasteiger partial charge in [0.25, 0.3) is 5.91 Å². The Kier molecular flexibility index (Phi) is 3.39. The average Bonchev–Trinajstić information content (AvgIpc) is 2.82. The Bertz CT molecular complexity index is 431. The quantitative estimate of drug-likeness (QED) is 0.842. The van der Waals surface area contributed by atoms with E-state index in [1.807, 2.05) is 4.90 Å². The Balaban J connectivity index is 1.81. The zero-order valence-corrected chi connectivity index (χ0v) is 11.7. The van der Waals surface area contributed by atoms with Crippen LogP contribution in [0.15, 0.2) is 6.07 Å². The lowest BCUT2D eigenvalue weighted by Crippen LogP contribution is -2.52. The van der Waals surface area contributed by atoms with Crippen LogP contribution < -0.4 is 5.32 Å². The predicted molar refractivity (Wildman–Crippen MR) is 74.3 cm³/mol. The summed E-state index contributed by atoms with van der Waals surface area (Å²) in [6.07, 6.45) is 4.90. The van der Waals surface area contributed by atoms with Gasteiger partial charge in [0.2, 0.25) is 0 Å². The summed E-state index contributed by atoms with van der Waals surface area (Å²) in [5.41, 5.74) is 1.43. The van der Waals surface area contributed by atoms with Gasteiger partial charge in [-0.2, -0.15) is 0 Å². The molecule has 18 heavy (non-hydrogen) atoms. The molecule has 1 aliphatic carbocycles. The van der Waals surface area contributed by atoms with Gasteiger partial charge < -0.3 is 10.2 Å². The lowest BCUT2D eigenvalue weighted by atomic mass is 9.99. The number of carbonyl (C=O) groups excluding carboxylic acids is 1. The number of carbonyl (C=O) groups is 1. The minimum absolute atomic E-state index is 0.239. The van der Waals surface area contributed by atoms with Gasteiger partial charge >= 0.3 is 0 Å². The second-order valence-electron chi connectivity index (χ2n) is 5.32. The maximum Gasteiger partial charge on any atom is 0.264 e. The normalized spacial score (nSPS) is 23.8. The Morgan fingerprint density at radius 1 is 1.44 bits per heavy atom. The van der Waals surface area contributed by atoms with E-state index in [4.69, 9.17) is 0 Å². The predicted octanol–water partition coefficient (Wildman–Crippen LogP) is 2.06. The van der Waals surface area contributed by atoms with E-state index in [9.17, 15) is 4.79 Å². The van der Waals surface area contributed by atoms with Crippen molar-refractivity contribution >= 4 is 17.2 Å². The molecule has 1 unspecified atom stereocenters. The molecular formula is C14H20N2OS. The molecule has 1 aromatic heterocycles. The van der Waals surface area contributed by atoms with Crippen LogP contribution in [0.1, 0.15) is 39.9 Å². The summed E-state index contributed by atoms with van der Waals surface area (Å²) in [5.74, 6) is 0.239. The third-order valence-corrected chi connectivity index (χ3v) is 5.19. The van der Waals surface area contributed by atoms with Gasteiger partial charge in [-0.3, -0.25) is 4.79 Å². The van der Waals surface area contributed by atoms with Crippen LogP contribution in [0.3, 0.4) is 0 Å². The van der Waals surface area contributed by atoms with Gasteiger partial charge in [0.15, 0.2) is 0 Å². The number of amides is 1. The number of thiophene rings is 1. The third-order valence-electron chi connectivity index (χ3n) is 3.97. The first-order valence-electron chi connectivity index (χ1n) is 6.89. The van der Waals surface area contributed by atoms with Crippen molar-refractivity contribution in [1.82, 2.24) is 10.2 Å². The number of piperazine rings is 1. The second-order valence-corrected chi connectivity index (χ2v) is 6.45. The van der Waals surface area contributed by atoms with Gasteiger partial charge in [-0.25, -0.2) is 0 Å². The van der Waals surface area contributed by atoms with Crippen LogP contribution in [0.4, 0.5) is 0 Å². The molecule has 0 spiro atoms. The van der Waals surface area contributed by atoms with Crippen molar-refractivity contribution in [3.05, 3.63) is 21.4 Å². The molecule has 1 aromatic rings. The minimum Gasteiger partial charge on any atom is -0.333 e. The first-order valence-corrected chi connectivity index (χ1v) is 7.70. The molecule has 0 radical (unpaired) electrons. The van der Waals surface area contributed by atoms with Gasteiger partial charge in [0.05, 0.1) is 4.88 Å². The van der Waals surface area contributed by atoms with E-state index >= 15 is 0 Å². The summed E-state index contributed by atoms with van der Waals surface area (Å²) >= 11 is 1.73. The maximum atomic E-state index is 12.5. The van der Waals surface area contributed by atoms with E-state index in [2.05, 4.69) is 18.3 Å². The van der Waals surface area contributed by atoms with Crippen molar-refractivity contribution in [2.75, 3.05) is 19.6 Å². The standard InChI is InChI=1S/C14H20N2OS/c1-10-9-15-6-7-16(10)14(17)13-8-11-4-2-3-5-12(11)18-13/h8,10,15H,2-7,9H2,1H3. The van der Waals surface area contributed by atoms with E-state index < -0.39 is 0 Å². The first-order chi connectivity index (χ1) is 8.75. The van der Waals surface area contributed by atoms with Crippen LogP contribution >= 0.6 is 11.3 Å². The fourth-order valence-corrected chi connectivity index (χ4v) is 4.09. The summed E-state index contributed by atoms with van der Waals surface area (Å²) in [6.45, 7) is 4.79. The van der Waals surface area contributed by atoms with E-state index in [0.717, 1.165) is 30.9 Å². The number of rotatable bonds is 1. The Hall–Kier alpha value is -0.870. The molecule has 1 atom stereocenters. The maximum absolute atomic E-state index is 12.5. The van der Waals surface area contributed by atoms with Crippen molar-refractivity contribution in [2.45, 2.75) is 38.6 Å². The topological polar surface area (TPSA) is 32.3 Å². The van der Waals surface area contributed by atoms with Crippen LogP contribution in [0.5, 0.6) is 0 Å². The van der Waals surface area contributed by atoms with Crippen LogP contribution in [0, 0.1) is 0 Å². The van der Waals surface area contributed by atoms with Gasteiger partial charge in [0.1, 0.15) is 0 Å². The molecule has 98 valence electrons. The van der Waals surface area contributed by atoms with Gasteiger partial charge in [0, 0.05) is 30.6 Å². The zero-order valence-electron chi connectivity index (χ0n) is 10.9. The summed E-state index contributed by atoms with van der Waals surface area (Å²) in [4.78, 5) is 17.0. The van der Waals surface area contributed by atoms with Crippen LogP contribution in [0.2, 0.25) is 0 Å². The molecule has 1 N–H and O–H groups in total. The molecule has 1 aliphatic heterocycles. The molecule has 1 saturated heterocycles. The smallest absolute Gasteiger partial charge is 0.264 e. The SMILES string of the molecule is CC1CNCCN1C(=O)c1cc2c(s1)CCCC2. The largest absolute Gasteiger partial charge is 0.333 e. The third kappa shape index (κ3) is 2.19. The molecule has 3 rings (SSSR count). The second kappa shape index (κ2) is 5.02. The van der Waals surface area contributed by atoms with E-state index in [1.54, 1.807) is 11.3 Å². The zero-order chi connectivity index (χ0) is 12.5. The number of fused-ring (bicyclic) bond motifs is 1.